The Labute approximate surface area is 287 Å². The Morgan fingerprint density at radius 3 is 1.86 bits per heavy atom. The third kappa shape index (κ3) is 4.37. The van der Waals surface area contributed by atoms with Crippen LogP contribution in [0.15, 0.2) is 168 Å². The maximum Gasteiger partial charge on any atom is 0.136 e. The molecule has 10 aromatic rings. The van der Waals surface area contributed by atoms with Crippen molar-refractivity contribution in [2.75, 3.05) is 0 Å². The highest BCUT2D eigenvalue weighted by Crippen LogP contribution is 2.49. The van der Waals surface area contributed by atoms with Gasteiger partial charge in [0.25, 0.3) is 0 Å². The van der Waals surface area contributed by atoms with E-state index in [1.165, 1.54) is 10.8 Å². The van der Waals surface area contributed by atoms with Crippen LogP contribution in [0, 0.1) is 0 Å². The first kappa shape index (κ1) is 28.2. The zero-order valence-electron chi connectivity index (χ0n) is 26.8. The smallest absolute Gasteiger partial charge is 0.136 e. The molecule has 5 heteroatoms. The zero-order chi connectivity index (χ0) is 33.0. The van der Waals surface area contributed by atoms with Crippen LogP contribution in [0.25, 0.3) is 99.6 Å². The van der Waals surface area contributed by atoms with E-state index in [0.29, 0.717) is 0 Å². The molecule has 234 valence electrons. The molecule has 0 atom stereocenters. The van der Waals surface area contributed by atoms with E-state index in [1.807, 2.05) is 48.5 Å². The second-order valence-corrected chi connectivity index (χ2v) is 12.5. The maximum absolute atomic E-state index is 6.35. The first-order valence-electron chi connectivity index (χ1n) is 16.7. The predicted octanol–water partition coefficient (Wildman–Crippen LogP) is 11.7. The van der Waals surface area contributed by atoms with Crippen molar-refractivity contribution in [3.05, 3.63) is 164 Å². The van der Waals surface area contributed by atoms with Gasteiger partial charge in [-0.2, -0.15) is 0 Å². The Bertz CT molecular complexity index is 2870. The van der Waals surface area contributed by atoms with Gasteiger partial charge >= 0.3 is 0 Å². The first-order valence-corrected chi connectivity index (χ1v) is 16.7. The number of para-hydroxylation sites is 3. The Hall–Kier alpha value is -6.85. The number of fused-ring (bicyclic) bond motifs is 6. The fourth-order valence-corrected chi connectivity index (χ4v) is 7.53. The highest BCUT2D eigenvalue weighted by atomic mass is 16.3. The standard InChI is InChI=1S/C45H28N4O/c1-3-14-28(15-4-1)30-20-11-22-34(40(30)35-23-12-21-32-31-18-7-9-25-37(31)46-44(32)35)42-43(29-16-5-2-6-17-29)47-49-48-45(42)36-24-13-27-39-41(36)33-19-8-10-26-38(33)50-39/h1-27,46H. The van der Waals surface area contributed by atoms with Crippen LogP contribution in [0.5, 0.6) is 0 Å². The Morgan fingerprint density at radius 1 is 0.400 bits per heavy atom. The van der Waals surface area contributed by atoms with Crippen molar-refractivity contribution in [3.63, 3.8) is 0 Å². The Balaban J connectivity index is 1.37. The third-order valence-electron chi connectivity index (χ3n) is 9.70. The molecule has 3 aromatic heterocycles. The van der Waals surface area contributed by atoms with Crippen LogP contribution in [0.4, 0.5) is 0 Å². The summed E-state index contributed by atoms with van der Waals surface area (Å²) in [6.07, 6.45) is 0. The van der Waals surface area contributed by atoms with Crippen molar-refractivity contribution in [2.45, 2.75) is 0 Å². The summed E-state index contributed by atoms with van der Waals surface area (Å²) in [7, 11) is 0. The van der Waals surface area contributed by atoms with E-state index in [4.69, 9.17) is 14.6 Å². The van der Waals surface area contributed by atoms with Gasteiger partial charge in [-0.15, -0.1) is 10.2 Å². The van der Waals surface area contributed by atoms with Gasteiger partial charge in [0, 0.05) is 49.3 Å². The topological polar surface area (TPSA) is 67.6 Å². The van der Waals surface area contributed by atoms with Crippen LogP contribution in [0.1, 0.15) is 0 Å². The van der Waals surface area contributed by atoms with E-state index in [9.17, 15) is 0 Å². The normalized spacial score (nSPS) is 11.6. The monoisotopic (exact) mass is 640 g/mol. The molecule has 3 heterocycles. The molecule has 0 bridgehead atoms. The minimum Gasteiger partial charge on any atom is -0.456 e. The Morgan fingerprint density at radius 2 is 1.00 bits per heavy atom. The van der Waals surface area contributed by atoms with Crippen LogP contribution in [-0.2, 0) is 0 Å². The predicted molar refractivity (Wildman–Crippen MR) is 204 cm³/mol. The van der Waals surface area contributed by atoms with E-state index >= 15 is 0 Å². The number of nitrogens with one attached hydrogen (secondary N) is 1. The lowest BCUT2D eigenvalue weighted by atomic mass is 9.84. The average Bonchev–Trinajstić information content (AvgIpc) is 3.77. The van der Waals surface area contributed by atoms with Gasteiger partial charge < -0.3 is 9.40 Å². The lowest BCUT2D eigenvalue weighted by Crippen LogP contribution is -2.02. The number of aromatic amines is 1. The maximum atomic E-state index is 6.35. The average molecular weight is 641 g/mol. The van der Waals surface area contributed by atoms with Crippen molar-refractivity contribution in [1.29, 1.82) is 0 Å². The van der Waals surface area contributed by atoms with Gasteiger partial charge in [0.15, 0.2) is 0 Å². The summed E-state index contributed by atoms with van der Waals surface area (Å²) < 4.78 is 6.35. The lowest BCUT2D eigenvalue weighted by Gasteiger charge is -2.20. The van der Waals surface area contributed by atoms with E-state index in [-0.39, 0.29) is 0 Å². The van der Waals surface area contributed by atoms with Crippen molar-refractivity contribution < 1.29 is 4.42 Å². The van der Waals surface area contributed by atoms with Crippen LogP contribution in [-0.4, -0.2) is 20.4 Å². The second-order valence-electron chi connectivity index (χ2n) is 12.5. The lowest BCUT2D eigenvalue weighted by molar-refractivity contribution is 0.669. The zero-order valence-corrected chi connectivity index (χ0v) is 26.8. The van der Waals surface area contributed by atoms with Gasteiger partial charge in [-0.05, 0) is 45.7 Å². The number of rotatable bonds is 5. The molecule has 50 heavy (non-hydrogen) atoms. The molecular formula is C45H28N4O. The van der Waals surface area contributed by atoms with Gasteiger partial charge in [0.05, 0.1) is 5.52 Å². The molecule has 0 aliphatic heterocycles. The van der Waals surface area contributed by atoms with E-state index in [0.717, 1.165) is 88.9 Å². The highest BCUT2D eigenvalue weighted by molar-refractivity contribution is 6.17. The fraction of sp³-hybridized carbons (Fsp3) is 0. The second kappa shape index (κ2) is 11.4. The molecule has 0 saturated carbocycles. The number of hydrogen-bond donors (Lipinski definition) is 1. The van der Waals surface area contributed by atoms with Crippen molar-refractivity contribution in [3.8, 4) is 55.9 Å². The van der Waals surface area contributed by atoms with Gasteiger partial charge in [-0.25, -0.2) is 0 Å². The minimum atomic E-state index is 0.742. The first-order chi connectivity index (χ1) is 24.8. The summed E-state index contributed by atoms with van der Waals surface area (Å²) in [6.45, 7) is 0. The van der Waals surface area contributed by atoms with E-state index in [1.54, 1.807) is 0 Å². The minimum absolute atomic E-state index is 0.742. The van der Waals surface area contributed by atoms with Crippen molar-refractivity contribution in [1.82, 2.24) is 20.4 Å². The quantitative estimate of drug-likeness (QED) is 0.203. The molecular weight excluding hydrogens is 613 g/mol. The number of benzene rings is 7. The fourth-order valence-electron chi connectivity index (χ4n) is 7.53. The third-order valence-corrected chi connectivity index (χ3v) is 9.70. The Kier molecular flexibility index (Phi) is 6.42. The summed E-state index contributed by atoms with van der Waals surface area (Å²) in [5, 5.41) is 18.5. The molecule has 10 rings (SSSR count). The van der Waals surface area contributed by atoms with Crippen molar-refractivity contribution >= 4 is 43.7 Å². The summed E-state index contributed by atoms with van der Waals surface area (Å²) in [5.74, 6) is 0. The van der Waals surface area contributed by atoms with Crippen LogP contribution < -0.4 is 0 Å². The summed E-state index contributed by atoms with van der Waals surface area (Å²) in [5.41, 5.74) is 13.6. The van der Waals surface area contributed by atoms with Crippen LogP contribution in [0.2, 0.25) is 0 Å². The molecule has 0 radical (unpaired) electrons. The molecule has 0 spiro atoms. The number of nitrogens with zero attached hydrogens (tertiary/aromatic N) is 3. The molecule has 5 nitrogen and oxygen atoms in total. The summed E-state index contributed by atoms with van der Waals surface area (Å²) >= 11 is 0. The molecule has 1 N–H and O–H groups in total. The van der Waals surface area contributed by atoms with E-state index in [2.05, 4.69) is 125 Å². The molecule has 0 aliphatic rings. The van der Waals surface area contributed by atoms with Crippen LogP contribution >= 0.6 is 0 Å². The summed E-state index contributed by atoms with van der Waals surface area (Å²) in [6, 6.07) is 56.8. The molecule has 0 fully saturated rings. The van der Waals surface area contributed by atoms with Gasteiger partial charge in [0.1, 0.15) is 22.6 Å². The number of furan rings is 1. The highest BCUT2D eigenvalue weighted by Gasteiger charge is 2.26. The van der Waals surface area contributed by atoms with Gasteiger partial charge in [0.2, 0.25) is 0 Å². The van der Waals surface area contributed by atoms with Crippen molar-refractivity contribution in [2.24, 2.45) is 0 Å². The van der Waals surface area contributed by atoms with Crippen LogP contribution in [0.3, 0.4) is 0 Å². The van der Waals surface area contributed by atoms with Gasteiger partial charge in [-0.3, -0.25) is 0 Å². The molecule has 0 aliphatic carbocycles. The SMILES string of the molecule is c1ccc(-c2cccc(-c3c(-c4ccccc4)nnnc3-c3cccc4oc5ccccc5c34)c2-c2cccc3c2[nH]c2ccccc23)cc1. The molecule has 0 saturated heterocycles. The largest absolute Gasteiger partial charge is 0.456 e. The van der Waals surface area contributed by atoms with Gasteiger partial charge in [-0.1, -0.05) is 146 Å². The molecule has 0 amide bonds. The summed E-state index contributed by atoms with van der Waals surface area (Å²) in [4.78, 5) is 3.78. The number of hydrogen-bond acceptors (Lipinski definition) is 4. The molecule has 0 unspecified atom stereocenters. The molecule has 7 aromatic carbocycles. The van der Waals surface area contributed by atoms with E-state index < -0.39 is 0 Å². The number of H-pyrrole nitrogens is 1. The number of aromatic nitrogens is 4.